The van der Waals surface area contributed by atoms with E-state index in [9.17, 15) is 18.0 Å². The van der Waals surface area contributed by atoms with Crippen LogP contribution in [0.4, 0.5) is 18.9 Å². The van der Waals surface area contributed by atoms with Crippen molar-refractivity contribution in [1.82, 2.24) is 4.90 Å². The van der Waals surface area contributed by atoms with Gasteiger partial charge in [-0.25, -0.2) is 0 Å². The Morgan fingerprint density at radius 2 is 1.67 bits per heavy atom. The maximum absolute atomic E-state index is 12.7. The number of hydrogen-bond donors (Lipinski definition) is 0. The number of carbonyl (C=O) groups excluding carboxylic acids is 1. The molecule has 0 spiro atoms. The number of ether oxygens (including phenoxy) is 1. The summed E-state index contributed by atoms with van der Waals surface area (Å²) in [7, 11) is 1.61. The number of methoxy groups -OCH3 is 1. The highest BCUT2D eigenvalue weighted by molar-refractivity contribution is 5.93. The first-order valence-corrected chi connectivity index (χ1v) is 10.2. The normalized spacial score (nSPS) is 15.8. The minimum atomic E-state index is -4.31. The Bertz CT molecular complexity index is 827. The molecule has 7 heteroatoms. The number of piperidine rings is 1. The van der Waals surface area contributed by atoms with Gasteiger partial charge >= 0.3 is 6.18 Å². The second-order valence-corrected chi connectivity index (χ2v) is 7.52. The Morgan fingerprint density at radius 3 is 2.17 bits per heavy atom. The largest absolute Gasteiger partial charge is 0.497 e. The third-order valence-corrected chi connectivity index (χ3v) is 5.53. The van der Waals surface area contributed by atoms with Crippen molar-refractivity contribution in [2.75, 3.05) is 25.1 Å². The van der Waals surface area contributed by atoms with Crippen molar-refractivity contribution < 1.29 is 22.7 Å². The van der Waals surface area contributed by atoms with Crippen LogP contribution in [0.5, 0.6) is 5.75 Å². The first-order valence-electron chi connectivity index (χ1n) is 10.2. The molecule has 0 aliphatic carbocycles. The number of benzene rings is 2. The van der Waals surface area contributed by atoms with Crippen LogP contribution < -0.4 is 9.64 Å². The fraction of sp³-hybridized carbons (Fsp3) is 0.435. The molecule has 0 bridgehead atoms. The van der Waals surface area contributed by atoms with Crippen LogP contribution in [0.1, 0.15) is 37.3 Å². The Labute approximate surface area is 175 Å². The van der Waals surface area contributed by atoms with Crippen LogP contribution in [0.15, 0.2) is 48.5 Å². The molecule has 1 fully saturated rings. The lowest BCUT2D eigenvalue weighted by Crippen LogP contribution is -2.47. The number of anilines is 1. The third-order valence-electron chi connectivity index (χ3n) is 5.53. The van der Waals surface area contributed by atoms with E-state index in [1.807, 2.05) is 36.1 Å². The predicted molar refractivity (Wildman–Crippen MR) is 111 cm³/mol. The van der Waals surface area contributed by atoms with Gasteiger partial charge in [-0.15, -0.1) is 0 Å². The van der Waals surface area contributed by atoms with Crippen LogP contribution in [0.2, 0.25) is 0 Å². The minimum absolute atomic E-state index is 0.0846. The van der Waals surface area contributed by atoms with Crippen molar-refractivity contribution in [1.29, 1.82) is 0 Å². The van der Waals surface area contributed by atoms with Gasteiger partial charge in [-0.3, -0.25) is 9.69 Å². The molecule has 3 rings (SSSR count). The third kappa shape index (κ3) is 5.33. The zero-order chi connectivity index (χ0) is 21.7. The van der Waals surface area contributed by atoms with Crippen molar-refractivity contribution in [3.05, 3.63) is 59.7 Å². The molecule has 0 atom stereocenters. The van der Waals surface area contributed by atoms with Gasteiger partial charge in [0.05, 0.1) is 12.7 Å². The molecule has 1 aliphatic heterocycles. The molecule has 30 heavy (non-hydrogen) atoms. The van der Waals surface area contributed by atoms with Gasteiger partial charge in [0.2, 0.25) is 5.91 Å². The molecule has 1 heterocycles. The molecule has 2 aromatic carbocycles. The van der Waals surface area contributed by atoms with E-state index < -0.39 is 11.7 Å². The van der Waals surface area contributed by atoms with Gasteiger partial charge in [0.1, 0.15) is 5.75 Å². The zero-order valence-electron chi connectivity index (χ0n) is 17.3. The summed E-state index contributed by atoms with van der Waals surface area (Å²) in [6.45, 7) is 4.04. The Balaban J connectivity index is 1.62. The predicted octanol–water partition coefficient (Wildman–Crippen LogP) is 5.12. The number of alkyl halides is 3. The maximum atomic E-state index is 12.7. The molecule has 4 nitrogen and oxygen atoms in total. The van der Waals surface area contributed by atoms with Crippen molar-refractivity contribution in [3.63, 3.8) is 0 Å². The summed E-state index contributed by atoms with van der Waals surface area (Å²) >= 11 is 0. The lowest BCUT2D eigenvalue weighted by atomic mass is 10.0. The lowest BCUT2D eigenvalue weighted by Gasteiger charge is -2.38. The number of likely N-dealkylation sites (tertiary alicyclic amines) is 1. The Morgan fingerprint density at radius 1 is 1.07 bits per heavy atom. The van der Waals surface area contributed by atoms with Crippen LogP contribution in [0, 0.1) is 0 Å². The first kappa shape index (κ1) is 22.2. The molecule has 162 valence electrons. The summed E-state index contributed by atoms with van der Waals surface area (Å²) in [6, 6.07) is 13.0. The van der Waals surface area contributed by atoms with Gasteiger partial charge in [0, 0.05) is 37.8 Å². The standard InChI is InChI=1S/C23H27F3N2O2/c1-3-22(29)28(19-8-10-21(30-2)11-9-19)20-12-14-27(15-13-20)16-17-4-6-18(7-5-17)23(24,25)26/h4-11,20H,3,12-16H2,1-2H3. The van der Waals surface area contributed by atoms with Gasteiger partial charge in [0.15, 0.2) is 0 Å². The number of halogens is 3. The van der Waals surface area contributed by atoms with Crippen LogP contribution in [0.25, 0.3) is 0 Å². The van der Waals surface area contributed by atoms with E-state index in [1.54, 1.807) is 19.2 Å². The van der Waals surface area contributed by atoms with E-state index >= 15 is 0 Å². The van der Waals surface area contributed by atoms with Gasteiger partial charge in [-0.05, 0) is 54.8 Å². The summed E-state index contributed by atoms with van der Waals surface area (Å²) in [5.74, 6) is 0.829. The van der Waals surface area contributed by atoms with Gasteiger partial charge in [0.25, 0.3) is 0 Å². The number of nitrogens with zero attached hydrogens (tertiary/aromatic N) is 2. The second-order valence-electron chi connectivity index (χ2n) is 7.52. The highest BCUT2D eigenvalue weighted by Crippen LogP contribution is 2.30. The maximum Gasteiger partial charge on any atom is 0.416 e. The smallest absolute Gasteiger partial charge is 0.416 e. The van der Waals surface area contributed by atoms with Crippen LogP contribution in [-0.2, 0) is 17.5 Å². The van der Waals surface area contributed by atoms with E-state index in [4.69, 9.17) is 4.74 Å². The SMILES string of the molecule is CCC(=O)N(c1ccc(OC)cc1)C1CCN(Cc2ccc(C(F)(F)F)cc2)CC1. The van der Waals surface area contributed by atoms with Crippen molar-refractivity contribution >= 4 is 11.6 Å². The molecule has 0 N–H and O–H groups in total. The van der Waals surface area contributed by atoms with E-state index in [2.05, 4.69) is 4.90 Å². The van der Waals surface area contributed by atoms with Crippen LogP contribution in [0.3, 0.4) is 0 Å². The summed E-state index contributed by atoms with van der Waals surface area (Å²) in [4.78, 5) is 16.7. The topological polar surface area (TPSA) is 32.8 Å². The van der Waals surface area contributed by atoms with E-state index in [1.165, 1.54) is 0 Å². The molecule has 0 unspecified atom stereocenters. The molecule has 1 amide bonds. The van der Waals surface area contributed by atoms with Crippen LogP contribution in [-0.4, -0.2) is 37.0 Å². The van der Waals surface area contributed by atoms with Gasteiger partial charge in [-0.2, -0.15) is 13.2 Å². The Hall–Kier alpha value is -2.54. The first-order chi connectivity index (χ1) is 14.3. The summed E-state index contributed by atoms with van der Waals surface area (Å²) in [5.41, 5.74) is 1.10. The van der Waals surface area contributed by atoms with Gasteiger partial charge in [-0.1, -0.05) is 19.1 Å². The fourth-order valence-electron chi connectivity index (χ4n) is 3.86. The highest BCUT2D eigenvalue weighted by atomic mass is 19.4. The monoisotopic (exact) mass is 420 g/mol. The molecular weight excluding hydrogens is 393 g/mol. The lowest BCUT2D eigenvalue weighted by molar-refractivity contribution is -0.137. The Kier molecular flexibility index (Phi) is 7.02. The number of amides is 1. The number of hydrogen-bond acceptors (Lipinski definition) is 3. The van der Waals surface area contributed by atoms with Gasteiger partial charge < -0.3 is 9.64 Å². The van der Waals surface area contributed by atoms with Crippen molar-refractivity contribution in [3.8, 4) is 5.75 Å². The summed E-state index contributed by atoms with van der Waals surface area (Å²) < 4.78 is 43.4. The van der Waals surface area contributed by atoms with Crippen molar-refractivity contribution in [2.45, 2.75) is 44.9 Å². The summed E-state index contributed by atoms with van der Waals surface area (Å²) in [6.07, 6.45) is -2.25. The van der Waals surface area contributed by atoms with Crippen molar-refractivity contribution in [2.24, 2.45) is 0 Å². The molecule has 0 saturated carbocycles. The quantitative estimate of drug-likeness (QED) is 0.650. The second kappa shape index (κ2) is 9.51. The summed E-state index contributed by atoms with van der Waals surface area (Å²) in [5, 5.41) is 0. The zero-order valence-corrected chi connectivity index (χ0v) is 17.3. The van der Waals surface area contributed by atoms with E-state index in [-0.39, 0.29) is 11.9 Å². The van der Waals surface area contributed by atoms with E-state index in [0.29, 0.717) is 13.0 Å². The molecule has 0 aromatic heterocycles. The molecular formula is C23H27F3N2O2. The minimum Gasteiger partial charge on any atom is -0.497 e. The molecule has 2 aromatic rings. The average molecular weight is 420 g/mol. The average Bonchev–Trinajstić information content (AvgIpc) is 2.75. The van der Waals surface area contributed by atoms with Crippen LogP contribution >= 0.6 is 0 Å². The van der Waals surface area contributed by atoms with E-state index in [0.717, 1.165) is 55.1 Å². The fourth-order valence-corrected chi connectivity index (χ4v) is 3.86. The molecule has 1 saturated heterocycles. The number of carbonyl (C=O) groups is 1. The number of rotatable bonds is 6. The highest BCUT2D eigenvalue weighted by Gasteiger charge is 2.31. The molecule has 0 radical (unpaired) electrons. The molecule has 1 aliphatic rings.